The van der Waals surface area contributed by atoms with Gasteiger partial charge < -0.3 is 14.5 Å². The highest BCUT2D eigenvalue weighted by Crippen LogP contribution is 2.26. The van der Waals surface area contributed by atoms with Crippen LogP contribution in [0.2, 0.25) is 5.02 Å². The van der Waals surface area contributed by atoms with Crippen molar-refractivity contribution in [3.8, 4) is 10.6 Å². The summed E-state index contributed by atoms with van der Waals surface area (Å²) in [5.74, 6) is 0.374. The number of aromatic nitrogens is 1. The molecule has 0 bridgehead atoms. The second-order valence-corrected chi connectivity index (χ2v) is 7.50. The molecule has 0 aliphatic carbocycles. The first-order valence-electron chi connectivity index (χ1n) is 8.92. The fourth-order valence-electron chi connectivity index (χ4n) is 2.73. The normalized spacial score (nSPS) is 10.7. The minimum atomic E-state index is -0.409. The third-order valence-electron chi connectivity index (χ3n) is 4.17. The summed E-state index contributed by atoms with van der Waals surface area (Å²) in [6.45, 7) is 0.587. The Hall–Kier alpha value is -3.09. The molecule has 5 nitrogen and oxygen atoms in total. The van der Waals surface area contributed by atoms with Crippen LogP contribution in [0.4, 0.5) is 5.69 Å². The number of hydrogen-bond acceptors (Lipinski definition) is 6. The van der Waals surface area contributed by atoms with E-state index in [1.54, 1.807) is 18.4 Å². The molecule has 0 saturated heterocycles. The highest BCUT2D eigenvalue weighted by molar-refractivity contribution is 7.13. The Morgan fingerprint density at radius 3 is 2.72 bits per heavy atom. The SMILES string of the molecule is O=C(OCc1csc(-c2ccc(Cl)cc2)n1)c1ccccc1NCc1ccco1. The zero-order valence-corrected chi connectivity index (χ0v) is 16.9. The van der Waals surface area contributed by atoms with Crippen molar-refractivity contribution < 1.29 is 13.9 Å². The van der Waals surface area contributed by atoms with E-state index in [1.807, 2.05) is 53.9 Å². The predicted octanol–water partition coefficient (Wildman–Crippen LogP) is 6.03. The molecule has 4 aromatic rings. The van der Waals surface area contributed by atoms with E-state index >= 15 is 0 Å². The Balaban J connectivity index is 1.39. The first-order chi connectivity index (χ1) is 14.2. The van der Waals surface area contributed by atoms with Gasteiger partial charge in [0.25, 0.3) is 0 Å². The Bertz CT molecular complexity index is 1090. The van der Waals surface area contributed by atoms with Gasteiger partial charge in [-0.3, -0.25) is 0 Å². The number of ether oxygens (including phenoxy) is 1. The molecule has 0 saturated carbocycles. The molecule has 2 heterocycles. The number of thiazole rings is 1. The smallest absolute Gasteiger partial charge is 0.340 e. The van der Waals surface area contributed by atoms with Crippen molar-refractivity contribution in [2.24, 2.45) is 0 Å². The maximum atomic E-state index is 12.6. The average molecular weight is 425 g/mol. The number of carbonyl (C=O) groups is 1. The number of furan rings is 1. The van der Waals surface area contributed by atoms with E-state index in [0.717, 1.165) is 16.3 Å². The lowest BCUT2D eigenvalue weighted by Crippen LogP contribution is -2.10. The van der Waals surface area contributed by atoms with Crippen LogP contribution in [0.1, 0.15) is 21.8 Å². The fraction of sp³-hybridized carbons (Fsp3) is 0.0909. The Kier molecular flexibility index (Phi) is 5.93. The molecule has 0 spiro atoms. The van der Waals surface area contributed by atoms with Gasteiger partial charge in [0.2, 0.25) is 0 Å². The van der Waals surface area contributed by atoms with Gasteiger partial charge in [-0.2, -0.15) is 0 Å². The standard InChI is InChI=1S/C22H17ClN2O3S/c23-16-9-7-15(8-10-16)21-25-17(14-29-21)13-28-22(26)19-5-1-2-6-20(19)24-12-18-4-3-11-27-18/h1-11,14,24H,12-13H2. The summed E-state index contributed by atoms with van der Waals surface area (Å²) in [5, 5.41) is 6.63. The topological polar surface area (TPSA) is 64.4 Å². The number of rotatable bonds is 7. The van der Waals surface area contributed by atoms with Crippen molar-refractivity contribution in [3.63, 3.8) is 0 Å². The van der Waals surface area contributed by atoms with E-state index in [4.69, 9.17) is 20.8 Å². The van der Waals surface area contributed by atoms with Crippen LogP contribution in [0.25, 0.3) is 10.6 Å². The number of benzene rings is 2. The monoisotopic (exact) mass is 424 g/mol. The van der Waals surface area contributed by atoms with Crippen LogP contribution in [0.15, 0.2) is 76.7 Å². The first-order valence-corrected chi connectivity index (χ1v) is 10.2. The maximum Gasteiger partial charge on any atom is 0.340 e. The molecule has 0 amide bonds. The number of nitrogens with one attached hydrogen (secondary N) is 1. The van der Waals surface area contributed by atoms with Crippen molar-refractivity contribution in [2.75, 3.05) is 5.32 Å². The van der Waals surface area contributed by atoms with E-state index in [9.17, 15) is 4.79 Å². The van der Waals surface area contributed by atoms with E-state index in [2.05, 4.69) is 10.3 Å². The maximum absolute atomic E-state index is 12.6. The number of carbonyl (C=O) groups excluding carboxylic acids is 1. The van der Waals surface area contributed by atoms with Crippen LogP contribution in [-0.4, -0.2) is 11.0 Å². The van der Waals surface area contributed by atoms with E-state index in [0.29, 0.717) is 28.5 Å². The molecular weight excluding hydrogens is 408 g/mol. The number of hydrogen-bond donors (Lipinski definition) is 1. The zero-order chi connectivity index (χ0) is 20.1. The number of halogens is 1. The third-order valence-corrected chi connectivity index (χ3v) is 5.37. The summed E-state index contributed by atoms with van der Waals surface area (Å²) in [6, 6.07) is 18.4. The van der Waals surface area contributed by atoms with Gasteiger partial charge in [-0.05, 0) is 36.4 Å². The van der Waals surface area contributed by atoms with Crippen LogP contribution in [0.5, 0.6) is 0 Å². The quantitative estimate of drug-likeness (QED) is 0.367. The summed E-state index contributed by atoms with van der Waals surface area (Å²) in [4.78, 5) is 17.1. The largest absolute Gasteiger partial charge is 0.467 e. The van der Waals surface area contributed by atoms with Crippen LogP contribution >= 0.6 is 22.9 Å². The Labute approximate surface area is 176 Å². The predicted molar refractivity (Wildman–Crippen MR) is 114 cm³/mol. The van der Waals surface area contributed by atoms with Gasteiger partial charge in [-0.25, -0.2) is 9.78 Å². The average Bonchev–Trinajstić information content (AvgIpc) is 3.43. The minimum Gasteiger partial charge on any atom is -0.467 e. The molecule has 0 radical (unpaired) electrons. The molecule has 0 fully saturated rings. The summed E-state index contributed by atoms with van der Waals surface area (Å²) >= 11 is 7.42. The molecule has 7 heteroatoms. The lowest BCUT2D eigenvalue weighted by Gasteiger charge is -2.10. The first kappa shape index (κ1) is 19.2. The Morgan fingerprint density at radius 1 is 1.10 bits per heavy atom. The Morgan fingerprint density at radius 2 is 1.93 bits per heavy atom. The second kappa shape index (κ2) is 8.94. The van der Waals surface area contributed by atoms with Crippen molar-refractivity contribution in [3.05, 3.63) is 94.3 Å². The minimum absolute atomic E-state index is 0.107. The lowest BCUT2D eigenvalue weighted by atomic mass is 10.2. The van der Waals surface area contributed by atoms with Gasteiger partial charge in [0.15, 0.2) is 0 Å². The molecule has 2 aromatic carbocycles. The van der Waals surface area contributed by atoms with Crippen molar-refractivity contribution in [2.45, 2.75) is 13.2 Å². The van der Waals surface area contributed by atoms with E-state index in [1.165, 1.54) is 11.3 Å². The zero-order valence-electron chi connectivity index (χ0n) is 15.3. The highest BCUT2D eigenvalue weighted by atomic mass is 35.5. The van der Waals surface area contributed by atoms with Gasteiger partial charge in [-0.1, -0.05) is 35.9 Å². The summed E-state index contributed by atoms with van der Waals surface area (Å²) in [6.07, 6.45) is 1.61. The van der Waals surface area contributed by atoms with Crippen molar-refractivity contribution in [1.82, 2.24) is 4.98 Å². The number of para-hydroxylation sites is 1. The molecular formula is C22H17ClN2O3S. The van der Waals surface area contributed by atoms with Crippen LogP contribution < -0.4 is 5.32 Å². The summed E-state index contributed by atoms with van der Waals surface area (Å²) in [7, 11) is 0. The molecule has 0 aliphatic heterocycles. The number of nitrogens with zero attached hydrogens (tertiary/aromatic N) is 1. The van der Waals surface area contributed by atoms with Gasteiger partial charge in [0.1, 0.15) is 17.4 Å². The summed E-state index contributed by atoms with van der Waals surface area (Å²) in [5.41, 5.74) is 2.83. The fourth-order valence-corrected chi connectivity index (χ4v) is 3.66. The number of esters is 1. The highest BCUT2D eigenvalue weighted by Gasteiger charge is 2.14. The van der Waals surface area contributed by atoms with Gasteiger partial charge in [0.05, 0.1) is 24.1 Å². The second-order valence-electron chi connectivity index (χ2n) is 6.21. The molecule has 146 valence electrons. The molecule has 0 atom stereocenters. The molecule has 2 aromatic heterocycles. The van der Waals surface area contributed by atoms with Crippen LogP contribution in [-0.2, 0) is 17.9 Å². The van der Waals surface area contributed by atoms with Gasteiger partial charge in [0, 0.05) is 21.7 Å². The lowest BCUT2D eigenvalue weighted by molar-refractivity contribution is 0.0469. The number of anilines is 1. The van der Waals surface area contributed by atoms with Crippen LogP contribution in [0.3, 0.4) is 0 Å². The van der Waals surface area contributed by atoms with Crippen molar-refractivity contribution >= 4 is 34.6 Å². The van der Waals surface area contributed by atoms with Crippen LogP contribution in [0, 0.1) is 0 Å². The molecule has 29 heavy (non-hydrogen) atoms. The third kappa shape index (κ3) is 4.85. The van der Waals surface area contributed by atoms with E-state index in [-0.39, 0.29) is 6.61 Å². The summed E-state index contributed by atoms with van der Waals surface area (Å²) < 4.78 is 10.8. The molecule has 4 rings (SSSR count). The van der Waals surface area contributed by atoms with Gasteiger partial charge in [-0.15, -0.1) is 11.3 Å². The molecule has 0 aliphatic rings. The molecule has 1 N–H and O–H groups in total. The van der Waals surface area contributed by atoms with E-state index < -0.39 is 5.97 Å². The molecule has 0 unspecified atom stereocenters. The van der Waals surface area contributed by atoms with Crippen molar-refractivity contribution in [1.29, 1.82) is 0 Å². The van der Waals surface area contributed by atoms with Gasteiger partial charge >= 0.3 is 5.97 Å².